The van der Waals surface area contributed by atoms with Crippen LogP contribution in [0.3, 0.4) is 0 Å². The number of pyridine rings is 1. The molecule has 0 N–H and O–H groups in total. The number of methoxy groups -OCH3 is 1. The van der Waals surface area contributed by atoms with Crippen LogP contribution >= 0.6 is 0 Å². The summed E-state index contributed by atoms with van der Waals surface area (Å²) in [6.45, 7) is 3.78. The molecule has 4 heterocycles. The van der Waals surface area contributed by atoms with Crippen LogP contribution in [0.1, 0.15) is 11.5 Å². The molecule has 0 amide bonds. The second-order valence-corrected chi connectivity index (χ2v) is 6.48. The smallest absolute Gasteiger partial charge is 0.207 e. The minimum absolute atomic E-state index is 0.505. The lowest BCUT2D eigenvalue weighted by molar-refractivity contribution is 0.399. The Kier molecular flexibility index (Phi) is 3.58. The van der Waals surface area contributed by atoms with Gasteiger partial charge < -0.3 is 9.26 Å². The maximum Gasteiger partial charge on any atom is 0.207 e. The summed E-state index contributed by atoms with van der Waals surface area (Å²) in [6, 6.07) is 13.4. The molecule has 0 bridgehead atoms. The minimum Gasteiger partial charge on any atom is -0.496 e. The van der Waals surface area contributed by atoms with Gasteiger partial charge >= 0.3 is 0 Å². The van der Waals surface area contributed by atoms with E-state index in [4.69, 9.17) is 14.4 Å². The van der Waals surface area contributed by atoms with Gasteiger partial charge in [-0.05, 0) is 32.0 Å². The highest BCUT2D eigenvalue weighted by Crippen LogP contribution is 2.35. The van der Waals surface area contributed by atoms with Crippen LogP contribution in [-0.4, -0.2) is 37.1 Å². The Morgan fingerprint density at radius 1 is 1.00 bits per heavy atom. The highest BCUT2D eigenvalue weighted by molar-refractivity contribution is 6.05. The average molecular weight is 372 g/mol. The first-order valence-corrected chi connectivity index (χ1v) is 8.75. The van der Waals surface area contributed by atoms with E-state index < -0.39 is 0 Å². The van der Waals surface area contributed by atoms with Crippen LogP contribution < -0.4 is 4.74 Å². The van der Waals surface area contributed by atoms with Gasteiger partial charge in [-0.15, -0.1) is 10.2 Å². The summed E-state index contributed by atoms with van der Waals surface area (Å²) in [4.78, 5) is 4.66. The van der Waals surface area contributed by atoms with Gasteiger partial charge in [-0.3, -0.25) is 4.98 Å². The number of rotatable bonds is 3. The SMILES string of the molecule is COc1cccc2c1c(-c1cccc(C)n1)nn1c(-c3cc(C)on3)nnc21. The molecule has 138 valence electrons. The van der Waals surface area contributed by atoms with Crippen molar-refractivity contribution in [1.29, 1.82) is 0 Å². The fourth-order valence-electron chi connectivity index (χ4n) is 3.31. The highest BCUT2D eigenvalue weighted by atomic mass is 16.5. The lowest BCUT2D eigenvalue weighted by Crippen LogP contribution is -2.02. The second-order valence-electron chi connectivity index (χ2n) is 6.48. The highest BCUT2D eigenvalue weighted by Gasteiger charge is 2.21. The Labute approximate surface area is 159 Å². The van der Waals surface area contributed by atoms with E-state index in [1.165, 1.54) is 0 Å². The minimum atomic E-state index is 0.505. The molecule has 0 radical (unpaired) electrons. The van der Waals surface area contributed by atoms with Crippen LogP contribution in [0.15, 0.2) is 47.0 Å². The van der Waals surface area contributed by atoms with Gasteiger partial charge in [0.15, 0.2) is 11.3 Å². The van der Waals surface area contributed by atoms with Crippen LogP contribution in [-0.2, 0) is 0 Å². The maximum absolute atomic E-state index is 5.61. The molecule has 0 atom stereocenters. The molecule has 8 nitrogen and oxygen atoms in total. The van der Waals surface area contributed by atoms with E-state index in [1.54, 1.807) is 17.7 Å². The zero-order valence-corrected chi connectivity index (χ0v) is 15.5. The van der Waals surface area contributed by atoms with E-state index in [-0.39, 0.29) is 0 Å². The third kappa shape index (κ3) is 2.42. The summed E-state index contributed by atoms with van der Waals surface area (Å²) >= 11 is 0. The number of aryl methyl sites for hydroxylation is 2. The molecule has 0 saturated heterocycles. The Hall–Kier alpha value is -3.81. The van der Waals surface area contributed by atoms with Gasteiger partial charge in [0.25, 0.3) is 0 Å². The van der Waals surface area contributed by atoms with Crippen molar-refractivity contribution in [3.63, 3.8) is 0 Å². The van der Waals surface area contributed by atoms with Gasteiger partial charge in [0, 0.05) is 17.1 Å². The predicted octanol–water partition coefficient (Wildman–Crippen LogP) is 3.62. The molecule has 28 heavy (non-hydrogen) atoms. The van der Waals surface area contributed by atoms with Gasteiger partial charge in [-0.2, -0.15) is 9.61 Å². The fraction of sp³-hybridized carbons (Fsp3) is 0.150. The van der Waals surface area contributed by atoms with E-state index in [9.17, 15) is 0 Å². The largest absolute Gasteiger partial charge is 0.496 e. The van der Waals surface area contributed by atoms with E-state index in [0.29, 0.717) is 34.4 Å². The number of benzene rings is 1. The van der Waals surface area contributed by atoms with E-state index in [0.717, 1.165) is 22.2 Å². The molecule has 5 aromatic rings. The number of ether oxygens (including phenoxy) is 1. The van der Waals surface area contributed by atoms with Crippen molar-refractivity contribution in [1.82, 2.24) is 30.0 Å². The van der Waals surface area contributed by atoms with Gasteiger partial charge in [0.2, 0.25) is 5.82 Å². The Morgan fingerprint density at radius 2 is 1.86 bits per heavy atom. The van der Waals surface area contributed by atoms with Gasteiger partial charge in [0.05, 0.1) is 18.2 Å². The van der Waals surface area contributed by atoms with Crippen molar-refractivity contribution in [3.8, 4) is 28.7 Å². The number of hydrogen-bond acceptors (Lipinski definition) is 7. The molecule has 0 unspecified atom stereocenters. The fourth-order valence-corrected chi connectivity index (χ4v) is 3.31. The summed E-state index contributed by atoms with van der Waals surface area (Å²) in [6.07, 6.45) is 0. The van der Waals surface area contributed by atoms with Crippen molar-refractivity contribution in [2.75, 3.05) is 7.11 Å². The molecule has 5 rings (SSSR count). The topological polar surface area (TPSA) is 91.2 Å². The van der Waals surface area contributed by atoms with Gasteiger partial charge in [-0.1, -0.05) is 23.4 Å². The molecule has 8 heteroatoms. The van der Waals surface area contributed by atoms with Crippen LogP contribution in [0.5, 0.6) is 5.75 Å². The molecule has 0 spiro atoms. The van der Waals surface area contributed by atoms with Crippen molar-refractivity contribution in [3.05, 3.63) is 53.9 Å². The zero-order chi connectivity index (χ0) is 19.3. The van der Waals surface area contributed by atoms with E-state index >= 15 is 0 Å². The van der Waals surface area contributed by atoms with Crippen LogP contribution in [0, 0.1) is 13.8 Å². The van der Waals surface area contributed by atoms with Crippen molar-refractivity contribution < 1.29 is 9.26 Å². The molecule has 0 saturated carbocycles. The molecule has 4 aromatic heterocycles. The summed E-state index contributed by atoms with van der Waals surface area (Å²) in [7, 11) is 1.64. The first-order valence-electron chi connectivity index (χ1n) is 8.75. The molecular formula is C20H16N6O2. The third-order valence-corrected chi connectivity index (χ3v) is 4.55. The molecular weight excluding hydrogens is 356 g/mol. The Morgan fingerprint density at radius 3 is 2.61 bits per heavy atom. The van der Waals surface area contributed by atoms with Crippen LogP contribution in [0.25, 0.3) is 39.3 Å². The van der Waals surface area contributed by atoms with Crippen molar-refractivity contribution in [2.24, 2.45) is 0 Å². The molecule has 0 aliphatic carbocycles. The van der Waals surface area contributed by atoms with E-state index in [2.05, 4.69) is 20.3 Å². The monoisotopic (exact) mass is 372 g/mol. The number of hydrogen-bond donors (Lipinski definition) is 0. The summed E-state index contributed by atoms with van der Waals surface area (Å²) in [5, 5.41) is 19.3. The first-order chi connectivity index (χ1) is 13.7. The summed E-state index contributed by atoms with van der Waals surface area (Å²) < 4.78 is 12.5. The molecule has 1 aromatic carbocycles. The Balaban J connectivity index is 1.92. The van der Waals surface area contributed by atoms with Gasteiger partial charge in [0.1, 0.15) is 17.2 Å². The number of nitrogens with zero attached hydrogens (tertiary/aromatic N) is 6. The first kappa shape index (κ1) is 16.4. The third-order valence-electron chi connectivity index (χ3n) is 4.55. The summed E-state index contributed by atoms with van der Waals surface area (Å²) in [5.41, 5.74) is 3.51. The van der Waals surface area contributed by atoms with Gasteiger partial charge in [-0.25, -0.2) is 0 Å². The molecule has 0 aliphatic rings. The number of fused-ring (bicyclic) bond motifs is 3. The van der Waals surface area contributed by atoms with Crippen LogP contribution in [0.2, 0.25) is 0 Å². The molecule has 0 fully saturated rings. The Bertz CT molecular complexity index is 1340. The van der Waals surface area contributed by atoms with Crippen LogP contribution in [0.4, 0.5) is 0 Å². The molecule has 0 aliphatic heterocycles. The maximum atomic E-state index is 5.61. The average Bonchev–Trinajstić information content (AvgIpc) is 3.32. The normalized spacial score (nSPS) is 11.4. The lowest BCUT2D eigenvalue weighted by Gasteiger charge is -2.11. The summed E-state index contributed by atoms with van der Waals surface area (Å²) in [5.74, 6) is 1.90. The second kappa shape index (κ2) is 6.12. The zero-order valence-electron chi connectivity index (χ0n) is 15.5. The standard InChI is InChI=1S/C20H16N6O2/c1-11-6-4-8-14(21-11)18-17-13(7-5-9-16(17)27-3)19-22-23-20(26(19)24-18)15-10-12(2)28-25-15/h4-10H,1-3H3. The van der Waals surface area contributed by atoms with E-state index in [1.807, 2.05) is 50.2 Å². The number of aromatic nitrogens is 6. The lowest BCUT2D eigenvalue weighted by atomic mass is 10.1. The predicted molar refractivity (Wildman–Crippen MR) is 103 cm³/mol. The van der Waals surface area contributed by atoms with Crippen molar-refractivity contribution in [2.45, 2.75) is 13.8 Å². The quantitative estimate of drug-likeness (QED) is 0.478. The van der Waals surface area contributed by atoms with Crippen molar-refractivity contribution >= 4 is 16.4 Å².